The third-order valence-corrected chi connectivity index (χ3v) is 2.53. The number of aliphatic hydroxyl groups excluding tert-OH is 1. The summed E-state index contributed by atoms with van der Waals surface area (Å²) in [6.07, 6.45) is 0.556. The monoisotopic (exact) mass is 216 g/mol. The van der Waals surface area contributed by atoms with Crippen LogP contribution in [0.25, 0.3) is 0 Å². The van der Waals surface area contributed by atoms with Crippen LogP contribution in [0.1, 0.15) is 16.7 Å². The van der Waals surface area contributed by atoms with Crippen LogP contribution in [0.2, 0.25) is 0 Å². The molecule has 2 heteroatoms. The van der Waals surface area contributed by atoms with E-state index in [1.807, 2.05) is 30.3 Å². The van der Waals surface area contributed by atoms with Gasteiger partial charge in [-0.1, -0.05) is 42.5 Å². The summed E-state index contributed by atoms with van der Waals surface area (Å²) in [6, 6.07) is 14.4. The second kappa shape index (κ2) is 4.90. The Kier molecular flexibility index (Phi) is 3.32. The number of benzene rings is 2. The minimum Gasteiger partial charge on any atom is -0.392 e. The van der Waals surface area contributed by atoms with E-state index in [1.54, 1.807) is 12.1 Å². The van der Waals surface area contributed by atoms with Crippen molar-refractivity contribution in [1.29, 1.82) is 0 Å². The van der Waals surface area contributed by atoms with E-state index < -0.39 is 0 Å². The van der Waals surface area contributed by atoms with E-state index in [0.717, 1.165) is 11.1 Å². The highest BCUT2D eigenvalue weighted by Gasteiger charge is 2.04. The smallest absolute Gasteiger partial charge is 0.126 e. The fourth-order valence-corrected chi connectivity index (χ4v) is 1.68. The Labute approximate surface area is 94.2 Å². The maximum Gasteiger partial charge on any atom is 0.126 e. The van der Waals surface area contributed by atoms with Gasteiger partial charge in [0, 0.05) is 6.42 Å². The van der Waals surface area contributed by atoms with Crippen molar-refractivity contribution < 1.29 is 9.50 Å². The summed E-state index contributed by atoms with van der Waals surface area (Å²) in [5, 5.41) is 9.00. The predicted molar refractivity (Wildman–Crippen MR) is 61.6 cm³/mol. The molecule has 0 fully saturated rings. The number of halogens is 1. The molecule has 0 amide bonds. The van der Waals surface area contributed by atoms with Crippen molar-refractivity contribution in [2.75, 3.05) is 0 Å². The van der Waals surface area contributed by atoms with Crippen LogP contribution in [0, 0.1) is 5.82 Å². The van der Waals surface area contributed by atoms with Crippen molar-refractivity contribution in [1.82, 2.24) is 0 Å². The zero-order chi connectivity index (χ0) is 11.4. The molecular weight excluding hydrogens is 203 g/mol. The lowest BCUT2D eigenvalue weighted by Crippen LogP contribution is -1.95. The van der Waals surface area contributed by atoms with Crippen molar-refractivity contribution in [2.45, 2.75) is 13.0 Å². The molecule has 0 heterocycles. The SMILES string of the molecule is OCc1ccc(F)c(Cc2ccccc2)c1. The molecule has 0 aliphatic carbocycles. The van der Waals surface area contributed by atoms with Crippen molar-refractivity contribution in [3.05, 3.63) is 71.0 Å². The van der Waals surface area contributed by atoms with Crippen LogP contribution in [0.4, 0.5) is 4.39 Å². The highest BCUT2D eigenvalue weighted by molar-refractivity contribution is 5.30. The first-order valence-corrected chi connectivity index (χ1v) is 5.21. The average Bonchev–Trinajstić information content (AvgIpc) is 2.33. The van der Waals surface area contributed by atoms with Crippen LogP contribution in [-0.2, 0) is 13.0 Å². The summed E-state index contributed by atoms with van der Waals surface area (Å²) in [7, 11) is 0. The highest BCUT2D eigenvalue weighted by Crippen LogP contribution is 2.15. The fourth-order valence-electron chi connectivity index (χ4n) is 1.68. The fraction of sp³-hybridized carbons (Fsp3) is 0.143. The van der Waals surface area contributed by atoms with Gasteiger partial charge in [0.1, 0.15) is 5.82 Å². The number of hydrogen-bond acceptors (Lipinski definition) is 1. The molecule has 16 heavy (non-hydrogen) atoms. The molecular formula is C14H13FO. The lowest BCUT2D eigenvalue weighted by Gasteiger charge is -2.05. The molecule has 1 N–H and O–H groups in total. The molecule has 0 radical (unpaired) electrons. The Bertz CT molecular complexity index is 465. The normalized spacial score (nSPS) is 10.4. The van der Waals surface area contributed by atoms with Crippen LogP contribution >= 0.6 is 0 Å². The highest BCUT2D eigenvalue weighted by atomic mass is 19.1. The maximum absolute atomic E-state index is 13.5. The summed E-state index contributed by atoms with van der Waals surface area (Å²) in [5.41, 5.74) is 2.43. The van der Waals surface area contributed by atoms with Gasteiger partial charge in [-0.15, -0.1) is 0 Å². The first kappa shape index (κ1) is 10.8. The molecule has 2 aromatic carbocycles. The van der Waals surface area contributed by atoms with E-state index in [-0.39, 0.29) is 12.4 Å². The van der Waals surface area contributed by atoms with Crippen LogP contribution in [0.5, 0.6) is 0 Å². The molecule has 0 bridgehead atoms. The molecule has 0 aliphatic heterocycles. The first-order valence-electron chi connectivity index (χ1n) is 5.21. The molecule has 0 spiro atoms. The predicted octanol–water partition coefficient (Wildman–Crippen LogP) is 2.91. The van der Waals surface area contributed by atoms with Gasteiger partial charge >= 0.3 is 0 Å². The number of aliphatic hydroxyl groups is 1. The van der Waals surface area contributed by atoms with Crippen LogP contribution in [0.15, 0.2) is 48.5 Å². The Morgan fingerprint density at radius 2 is 1.69 bits per heavy atom. The minimum atomic E-state index is -0.221. The van der Waals surface area contributed by atoms with Gasteiger partial charge in [-0.3, -0.25) is 0 Å². The van der Waals surface area contributed by atoms with Crippen molar-refractivity contribution in [2.24, 2.45) is 0 Å². The largest absolute Gasteiger partial charge is 0.392 e. The van der Waals surface area contributed by atoms with Gasteiger partial charge in [-0.2, -0.15) is 0 Å². The third kappa shape index (κ3) is 2.47. The van der Waals surface area contributed by atoms with E-state index in [2.05, 4.69) is 0 Å². The van der Waals surface area contributed by atoms with Gasteiger partial charge in [-0.25, -0.2) is 4.39 Å². The molecule has 1 nitrogen and oxygen atoms in total. The quantitative estimate of drug-likeness (QED) is 0.836. The summed E-state index contributed by atoms with van der Waals surface area (Å²) < 4.78 is 13.5. The third-order valence-electron chi connectivity index (χ3n) is 2.53. The lowest BCUT2D eigenvalue weighted by molar-refractivity contribution is 0.281. The van der Waals surface area contributed by atoms with Crippen molar-refractivity contribution in [3.8, 4) is 0 Å². The zero-order valence-electron chi connectivity index (χ0n) is 8.86. The molecule has 0 atom stereocenters. The molecule has 0 aromatic heterocycles. The second-order valence-electron chi connectivity index (χ2n) is 3.75. The van der Waals surface area contributed by atoms with E-state index in [1.165, 1.54) is 6.07 Å². The zero-order valence-corrected chi connectivity index (χ0v) is 8.86. The van der Waals surface area contributed by atoms with Gasteiger partial charge in [0.05, 0.1) is 6.61 Å². The molecule has 0 aliphatic rings. The molecule has 82 valence electrons. The van der Waals surface area contributed by atoms with Gasteiger partial charge in [-0.05, 0) is 22.8 Å². The van der Waals surface area contributed by atoms with Gasteiger partial charge in [0.2, 0.25) is 0 Å². The van der Waals surface area contributed by atoms with E-state index in [4.69, 9.17) is 5.11 Å². The van der Waals surface area contributed by atoms with Gasteiger partial charge in [0.25, 0.3) is 0 Å². The van der Waals surface area contributed by atoms with E-state index >= 15 is 0 Å². The Morgan fingerprint density at radius 3 is 2.38 bits per heavy atom. The molecule has 0 saturated carbocycles. The first-order chi connectivity index (χ1) is 7.79. The summed E-state index contributed by atoms with van der Waals surface area (Å²) in [6.45, 7) is -0.0535. The Morgan fingerprint density at radius 1 is 0.938 bits per heavy atom. The van der Waals surface area contributed by atoms with E-state index in [9.17, 15) is 4.39 Å². The molecule has 0 saturated heterocycles. The van der Waals surface area contributed by atoms with Crippen molar-refractivity contribution in [3.63, 3.8) is 0 Å². The Hall–Kier alpha value is -1.67. The number of rotatable bonds is 3. The summed E-state index contributed by atoms with van der Waals surface area (Å²) in [5.74, 6) is -0.221. The number of hydrogen-bond donors (Lipinski definition) is 1. The summed E-state index contributed by atoms with van der Waals surface area (Å²) in [4.78, 5) is 0. The molecule has 2 aromatic rings. The second-order valence-corrected chi connectivity index (χ2v) is 3.75. The Balaban J connectivity index is 2.27. The molecule has 2 rings (SSSR count). The molecule has 0 unspecified atom stereocenters. The van der Waals surface area contributed by atoms with Crippen LogP contribution in [-0.4, -0.2) is 5.11 Å². The van der Waals surface area contributed by atoms with Gasteiger partial charge < -0.3 is 5.11 Å². The maximum atomic E-state index is 13.5. The van der Waals surface area contributed by atoms with Crippen molar-refractivity contribution >= 4 is 0 Å². The van der Waals surface area contributed by atoms with Crippen LogP contribution in [0.3, 0.4) is 0 Å². The average molecular weight is 216 g/mol. The minimum absolute atomic E-state index is 0.0535. The van der Waals surface area contributed by atoms with Crippen LogP contribution < -0.4 is 0 Å². The lowest BCUT2D eigenvalue weighted by atomic mass is 10.0. The standard InChI is InChI=1S/C14H13FO/c15-14-7-6-12(10-16)9-13(14)8-11-4-2-1-3-5-11/h1-7,9,16H,8,10H2. The topological polar surface area (TPSA) is 20.2 Å². The van der Waals surface area contributed by atoms with Gasteiger partial charge in [0.15, 0.2) is 0 Å². The van der Waals surface area contributed by atoms with E-state index in [0.29, 0.717) is 12.0 Å². The summed E-state index contributed by atoms with van der Waals surface area (Å²) >= 11 is 0.